The van der Waals surface area contributed by atoms with Crippen LogP contribution in [0.3, 0.4) is 0 Å². The number of ether oxygens (including phenoxy) is 3. The highest BCUT2D eigenvalue weighted by Crippen LogP contribution is 2.25. The van der Waals surface area contributed by atoms with E-state index in [1.807, 2.05) is 61.5 Å². The molecule has 2 aromatic carbocycles. The van der Waals surface area contributed by atoms with Gasteiger partial charge in [-0.15, -0.1) is 0 Å². The van der Waals surface area contributed by atoms with E-state index < -0.39 is 6.04 Å². The minimum Gasteiger partial charge on any atom is -0.465 e. The van der Waals surface area contributed by atoms with Gasteiger partial charge in [0.2, 0.25) is 0 Å². The van der Waals surface area contributed by atoms with Gasteiger partial charge in [0, 0.05) is 31.3 Å². The summed E-state index contributed by atoms with van der Waals surface area (Å²) in [5.74, 6) is 1.03. The molecule has 0 saturated heterocycles. The predicted octanol–water partition coefficient (Wildman–Crippen LogP) is 3.87. The van der Waals surface area contributed by atoms with Gasteiger partial charge in [-0.3, -0.25) is 9.59 Å². The van der Waals surface area contributed by atoms with Crippen LogP contribution in [0.2, 0.25) is 0 Å². The Bertz CT molecular complexity index is 1090. The van der Waals surface area contributed by atoms with E-state index in [0.717, 1.165) is 16.7 Å². The van der Waals surface area contributed by atoms with Crippen molar-refractivity contribution in [3.63, 3.8) is 0 Å². The average Bonchev–Trinajstić information content (AvgIpc) is 2.80. The standard InChI is InChI=1S/C25H30N2O5/c1-4-30-14-13-27-23-16-22(32-21-9-7-6-8-10-21)12-11-19(23)15-20(24(27)28)17-26-18(3)25(29)31-5-2/h6-12,15-16,18,26H,4-5,13-14,17H2,1-3H3/t18-/m0/s1. The third-order valence-corrected chi connectivity index (χ3v) is 5.02. The van der Waals surface area contributed by atoms with Crippen molar-refractivity contribution in [1.82, 2.24) is 9.88 Å². The number of nitrogens with zero attached hydrogens (tertiary/aromatic N) is 1. The van der Waals surface area contributed by atoms with Crippen LogP contribution in [-0.2, 0) is 27.4 Å². The van der Waals surface area contributed by atoms with Crippen LogP contribution < -0.4 is 15.6 Å². The molecule has 7 nitrogen and oxygen atoms in total. The van der Waals surface area contributed by atoms with Crippen LogP contribution in [0.1, 0.15) is 26.3 Å². The molecule has 0 bridgehead atoms. The number of carbonyl (C=O) groups excluding carboxylic acids is 1. The third-order valence-electron chi connectivity index (χ3n) is 5.02. The van der Waals surface area contributed by atoms with Crippen LogP contribution in [0.25, 0.3) is 10.9 Å². The maximum Gasteiger partial charge on any atom is 0.322 e. The first-order valence-electron chi connectivity index (χ1n) is 10.9. The molecule has 0 radical (unpaired) electrons. The van der Waals surface area contributed by atoms with E-state index in [1.54, 1.807) is 18.4 Å². The molecule has 1 atom stereocenters. The number of nitrogens with one attached hydrogen (secondary N) is 1. The summed E-state index contributed by atoms with van der Waals surface area (Å²) in [5.41, 5.74) is 1.21. The van der Waals surface area contributed by atoms with Gasteiger partial charge in [0.1, 0.15) is 17.5 Å². The highest BCUT2D eigenvalue weighted by Gasteiger charge is 2.16. The smallest absolute Gasteiger partial charge is 0.322 e. The minimum absolute atomic E-state index is 0.127. The summed E-state index contributed by atoms with van der Waals surface area (Å²) in [7, 11) is 0. The second kappa shape index (κ2) is 11.5. The molecule has 0 spiro atoms. The second-order valence-electron chi connectivity index (χ2n) is 7.31. The zero-order valence-corrected chi connectivity index (χ0v) is 18.8. The fourth-order valence-electron chi connectivity index (χ4n) is 3.36. The molecule has 0 aliphatic carbocycles. The number of pyridine rings is 1. The zero-order chi connectivity index (χ0) is 22.9. The maximum absolute atomic E-state index is 13.3. The lowest BCUT2D eigenvalue weighted by Crippen LogP contribution is -2.37. The van der Waals surface area contributed by atoms with Gasteiger partial charge in [-0.25, -0.2) is 0 Å². The first kappa shape index (κ1) is 23.5. The quantitative estimate of drug-likeness (QED) is 0.362. The Morgan fingerprint density at radius 3 is 2.53 bits per heavy atom. The van der Waals surface area contributed by atoms with Crippen LogP contribution >= 0.6 is 0 Å². The van der Waals surface area contributed by atoms with E-state index in [-0.39, 0.29) is 18.1 Å². The van der Waals surface area contributed by atoms with Crippen molar-refractivity contribution in [2.45, 2.75) is 39.9 Å². The largest absolute Gasteiger partial charge is 0.465 e. The molecule has 170 valence electrons. The molecule has 0 fully saturated rings. The summed E-state index contributed by atoms with van der Waals surface area (Å²) in [5, 5.41) is 3.99. The number of hydrogen-bond acceptors (Lipinski definition) is 6. The Morgan fingerprint density at radius 1 is 1.03 bits per heavy atom. The number of esters is 1. The lowest BCUT2D eigenvalue weighted by Gasteiger charge is -2.16. The van der Waals surface area contributed by atoms with E-state index in [0.29, 0.717) is 37.7 Å². The van der Waals surface area contributed by atoms with E-state index in [1.165, 1.54) is 0 Å². The lowest BCUT2D eigenvalue weighted by atomic mass is 10.1. The monoisotopic (exact) mass is 438 g/mol. The Hall–Kier alpha value is -3.16. The van der Waals surface area contributed by atoms with Gasteiger partial charge < -0.3 is 24.1 Å². The van der Waals surface area contributed by atoms with Crippen LogP contribution in [-0.4, -0.2) is 36.4 Å². The van der Waals surface area contributed by atoms with Crippen molar-refractivity contribution in [1.29, 1.82) is 0 Å². The average molecular weight is 439 g/mol. The maximum atomic E-state index is 13.3. The molecule has 1 aromatic heterocycles. The Balaban J connectivity index is 1.92. The molecular formula is C25H30N2O5. The zero-order valence-electron chi connectivity index (χ0n) is 18.8. The molecule has 1 heterocycles. The molecule has 3 rings (SSSR count). The second-order valence-corrected chi connectivity index (χ2v) is 7.31. The molecule has 32 heavy (non-hydrogen) atoms. The van der Waals surface area contributed by atoms with Gasteiger partial charge in [-0.2, -0.15) is 0 Å². The molecular weight excluding hydrogens is 408 g/mol. The van der Waals surface area contributed by atoms with Crippen molar-refractivity contribution in [3.8, 4) is 11.5 Å². The third kappa shape index (κ3) is 5.96. The van der Waals surface area contributed by atoms with Gasteiger partial charge >= 0.3 is 5.97 Å². The van der Waals surface area contributed by atoms with E-state index in [4.69, 9.17) is 14.2 Å². The molecule has 0 aliphatic rings. The minimum atomic E-state index is -0.511. The number of aromatic nitrogens is 1. The fraction of sp³-hybridized carbons (Fsp3) is 0.360. The van der Waals surface area contributed by atoms with E-state index >= 15 is 0 Å². The Labute approximate surface area is 187 Å². The number of para-hydroxylation sites is 1. The lowest BCUT2D eigenvalue weighted by molar-refractivity contribution is -0.145. The van der Waals surface area contributed by atoms with Crippen molar-refractivity contribution < 1.29 is 19.0 Å². The molecule has 0 amide bonds. The highest BCUT2D eigenvalue weighted by atomic mass is 16.5. The first-order valence-corrected chi connectivity index (χ1v) is 10.9. The summed E-state index contributed by atoms with van der Waals surface area (Å²) < 4.78 is 18.2. The highest BCUT2D eigenvalue weighted by molar-refractivity contribution is 5.81. The molecule has 0 unspecified atom stereocenters. The van der Waals surface area contributed by atoms with Crippen molar-refractivity contribution in [3.05, 3.63) is 70.5 Å². The molecule has 0 saturated carbocycles. The fourth-order valence-corrected chi connectivity index (χ4v) is 3.36. The predicted molar refractivity (Wildman–Crippen MR) is 124 cm³/mol. The van der Waals surface area contributed by atoms with Crippen molar-refractivity contribution in [2.75, 3.05) is 19.8 Å². The summed E-state index contributed by atoms with van der Waals surface area (Å²) in [6.45, 7) is 7.40. The summed E-state index contributed by atoms with van der Waals surface area (Å²) >= 11 is 0. The van der Waals surface area contributed by atoms with Gasteiger partial charge in [0.15, 0.2) is 0 Å². The van der Waals surface area contributed by atoms with Crippen LogP contribution in [0, 0.1) is 0 Å². The van der Waals surface area contributed by atoms with E-state index in [2.05, 4.69) is 5.32 Å². The molecule has 0 aliphatic heterocycles. The number of hydrogen-bond donors (Lipinski definition) is 1. The Kier molecular flexibility index (Phi) is 8.41. The number of rotatable bonds is 11. The number of benzene rings is 2. The van der Waals surface area contributed by atoms with Gasteiger partial charge in [0.25, 0.3) is 5.56 Å². The molecule has 7 heteroatoms. The topological polar surface area (TPSA) is 78.8 Å². The van der Waals surface area contributed by atoms with Crippen LogP contribution in [0.5, 0.6) is 11.5 Å². The number of carbonyl (C=O) groups is 1. The van der Waals surface area contributed by atoms with Gasteiger partial charge in [-0.1, -0.05) is 18.2 Å². The summed E-state index contributed by atoms with van der Waals surface area (Å²) in [6.07, 6.45) is 0. The van der Waals surface area contributed by atoms with Crippen molar-refractivity contribution >= 4 is 16.9 Å². The normalized spacial score (nSPS) is 12.0. The summed E-state index contributed by atoms with van der Waals surface area (Å²) in [6, 6.07) is 16.5. The Morgan fingerprint density at radius 2 is 1.81 bits per heavy atom. The van der Waals surface area contributed by atoms with E-state index in [9.17, 15) is 9.59 Å². The molecule has 3 aromatic rings. The summed E-state index contributed by atoms with van der Waals surface area (Å²) in [4.78, 5) is 25.2. The van der Waals surface area contributed by atoms with Crippen LogP contribution in [0.15, 0.2) is 59.4 Å². The number of fused-ring (bicyclic) bond motifs is 1. The van der Waals surface area contributed by atoms with Gasteiger partial charge in [0.05, 0.1) is 18.7 Å². The SMILES string of the molecule is CCOCCn1c(=O)c(CN[C@@H](C)C(=O)OCC)cc2ccc(Oc3ccccc3)cc21. The molecule has 1 N–H and O–H groups in total. The van der Waals surface area contributed by atoms with Crippen molar-refractivity contribution in [2.24, 2.45) is 0 Å². The first-order chi connectivity index (χ1) is 15.5. The van der Waals surface area contributed by atoms with Gasteiger partial charge in [-0.05, 0) is 56.5 Å². The van der Waals surface area contributed by atoms with Crippen LogP contribution in [0.4, 0.5) is 0 Å².